The highest BCUT2D eigenvalue weighted by Crippen LogP contribution is 2.65. The SMILES string of the molecule is CC1C(O)=C(O)[C@@]2(N3C=C(c4ccccc4)C4C(Nc5ccc(F)cc5)=NC=NC43)C[C@@H]12. The molecule has 6 rings (SSSR count). The molecule has 0 bridgehead atoms. The van der Waals surface area contributed by atoms with Gasteiger partial charge in [0.25, 0.3) is 0 Å². The Morgan fingerprint density at radius 3 is 2.53 bits per heavy atom. The van der Waals surface area contributed by atoms with Gasteiger partial charge in [-0.25, -0.2) is 14.4 Å². The van der Waals surface area contributed by atoms with E-state index < -0.39 is 5.54 Å². The van der Waals surface area contributed by atoms with Crippen molar-refractivity contribution in [3.63, 3.8) is 0 Å². The lowest BCUT2D eigenvalue weighted by Crippen LogP contribution is -2.46. The second-order valence-electron chi connectivity index (χ2n) is 8.92. The fourth-order valence-electron chi connectivity index (χ4n) is 5.53. The molecule has 6 nitrogen and oxygen atoms in total. The number of nitrogens with zero attached hydrogens (tertiary/aromatic N) is 3. The van der Waals surface area contributed by atoms with Crippen LogP contribution in [0.3, 0.4) is 0 Å². The summed E-state index contributed by atoms with van der Waals surface area (Å²) in [4.78, 5) is 11.4. The average molecular weight is 430 g/mol. The largest absolute Gasteiger partial charge is 0.508 e. The lowest BCUT2D eigenvalue weighted by atomic mass is 9.91. The molecule has 0 radical (unpaired) electrons. The number of amidine groups is 1. The van der Waals surface area contributed by atoms with Gasteiger partial charge in [-0.15, -0.1) is 0 Å². The van der Waals surface area contributed by atoms with Crippen LogP contribution in [0.2, 0.25) is 0 Å². The summed E-state index contributed by atoms with van der Waals surface area (Å²) >= 11 is 0. The predicted molar refractivity (Wildman–Crippen MR) is 122 cm³/mol. The van der Waals surface area contributed by atoms with Crippen LogP contribution >= 0.6 is 0 Å². The zero-order valence-corrected chi connectivity index (χ0v) is 17.5. The summed E-state index contributed by atoms with van der Waals surface area (Å²) in [6, 6.07) is 16.2. The van der Waals surface area contributed by atoms with E-state index in [1.165, 1.54) is 18.5 Å². The van der Waals surface area contributed by atoms with E-state index in [1.54, 1.807) is 12.1 Å². The summed E-state index contributed by atoms with van der Waals surface area (Å²) < 4.78 is 13.4. The molecule has 162 valence electrons. The lowest BCUT2D eigenvalue weighted by molar-refractivity contribution is 0.162. The van der Waals surface area contributed by atoms with E-state index in [1.807, 2.05) is 37.3 Å². The Bertz CT molecular complexity index is 1200. The van der Waals surface area contributed by atoms with Gasteiger partial charge in [0, 0.05) is 23.7 Å². The third-order valence-electron chi connectivity index (χ3n) is 7.26. The summed E-state index contributed by atoms with van der Waals surface area (Å²) in [5.41, 5.74) is 2.19. The molecule has 32 heavy (non-hydrogen) atoms. The molecule has 0 aromatic heterocycles. The van der Waals surface area contributed by atoms with Crippen LogP contribution in [0.4, 0.5) is 10.1 Å². The number of halogens is 1. The Balaban J connectivity index is 1.42. The van der Waals surface area contributed by atoms with Gasteiger partial charge in [-0.3, -0.25) is 0 Å². The molecule has 1 fully saturated rings. The monoisotopic (exact) mass is 430 g/mol. The van der Waals surface area contributed by atoms with Gasteiger partial charge in [0.1, 0.15) is 35.5 Å². The van der Waals surface area contributed by atoms with Crippen LogP contribution in [0.25, 0.3) is 5.57 Å². The fraction of sp³-hybridized carbons (Fsp3) is 0.280. The molecule has 2 aliphatic heterocycles. The zero-order chi connectivity index (χ0) is 22.0. The van der Waals surface area contributed by atoms with E-state index in [0.29, 0.717) is 5.84 Å². The van der Waals surface area contributed by atoms with Gasteiger partial charge < -0.3 is 20.4 Å². The van der Waals surface area contributed by atoms with Crippen molar-refractivity contribution in [1.82, 2.24) is 4.90 Å². The number of aliphatic hydroxyl groups excluding tert-OH is 2. The van der Waals surface area contributed by atoms with Crippen LogP contribution in [0.15, 0.2) is 82.3 Å². The highest BCUT2D eigenvalue weighted by molar-refractivity contribution is 6.09. The number of fused-ring (bicyclic) bond motifs is 2. The van der Waals surface area contributed by atoms with E-state index >= 15 is 0 Å². The van der Waals surface area contributed by atoms with Crippen molar-refractivity contribution < 1.29 is 14.6 Å². The minimum absolute atomic E-state index is 0.0602. The first-order chi connectivity index (χ1) is 15.5. The Hall–Kier alpha value is -3.61. The maximum Gasteiger partial charge on any atom is 0.156 e. The first-order valence-corrected chi connectivity index (χ1v) is 10.8. The van der Waals surface area contributed by atoms with E-state index in [0.717, 1.165) is 23.2 Å². The normalized spacial score (nSPS) is 32.4. The Labute approximate surface area is 185 Å². The molecular formula is C25H23FN4O2. The molecule has 0 saturated heterocycles. The van der Waals surface area contributed by atoms with E-state index in [9.17, 15) is 14.6 Å². The molecule has 2 aliphatic carbocycles. The number of hydrogen-bond acceptors (Lipinski definition) is 6. The third kappa shape index (κ3) is 2.57. The first kappa shape index (κ1) is 19.1. The quantitative estimate of drug-likeness (QED) is 0.659. The lowest BCUT2D eigenvalue weighted by Gasteiger charge is -2.35. The van der Waals surface area contributed by atoms with E-state index in [2.05, 4.69) is 21.4 Å². The topological polar surface area (TPSA) is 80.5 Å². The standard InChI is InChI=1S/C25H23FN4O2/c1-14-19-11-25(19,22(32)21(14)31)30-12-18(15-5-3-2-4-6-15)20-23(27-13-28-24(20)30)29-17-9-7-16(26)8-10-17/h2-10,12-14,19-20,24,31-32H,11H2,1H3,(H,27,28,29)/t14?,19-,20?,24?,25+/m0/s1. The van der Waals surface area contributed by atoms with Crippen molar-refractivity contribution in [1.29, 1.82) is 0 Å². The number of anilines is 1. The van der Waals surface area contributed by atoms with Crippen molar-refractivity contribution >= 4 is 23.4 Å². The third-order valence-corrected chi connectivity index (χ3v) is 7.26. The number of rotatable bonds is 3. The number of hydrogen-bond donors (Lipinski definition) is 3. The summed E-state index contributed by atoms with van der Waals surface area (Å²) in [6.07, 6.45) is 4.07. The number of aliphatic hydroxyl groups is 2. The van der Waals surface area contributed by atoms with E-state index in [4.69, 9.17) is 4.99 Å². The Kier molecular flexibility index (Phi) is 4.00. The summed E-state index contributed by atoms with van der Waals surface area (Å²) in [5, 5.41) is 24.7. The molecule has 7 heteroatoms. The molecule has 2 aromatic carbocycles. The number of allylic oxidation sites excluding steroid dienone is 1. The molecular weight excluding hydrogens is 407 g/mol. The number of aliphatic imine (C=N–C) groups is 2. The van der Waals surface area contributed by atoms with Crippen LogP contribution in [0.1, 0.15) is 18.9 Å². The molecule has 4 aliphatic rings. The van der Waals surface area contributed by atoms with Gasteiger partial charge in [0.15, 0.2) is 5.76 Å². The molecule has 3 unspecified atom stereocenters. The van der Waals surface area contributed by atoms with Crippen molar-refractivity contribution in [2.24, 2.45) is 27.7 Å². The maximum atomic E-state index is 13.4. The van der Waals surface area contributed by atoms with Gasteiger partial charge in [0.2, 0.25) is 0 Å². The van der Waals surface area contributed by atoms with Gasteiger partial charge in [-0.1, -0.05) is 37.3 Å². The second kappa shape index (κ2) is 6.69. The van der Waals surface area contributed by atoms with Crippen LogP contribution < -0.4 is 5.32 Å². The number of benzene rings is 2. The van der Waals surface area contributed by atoms with E-state index in [-0.39, 0.29) is 41.3 Å². The molecule has 5 atom stereocenters. The van der Waals surface area contributed by atoms with Crippen molar-refractivity contribution in [3.05, 3.63) is 83.7 Å². The highest BCUT2D eigenvalue weighted by Gasteiger charge is 2.71. The first-order valence-electron chi connectivity index (χ1n) is 10.8. The van der Waals surface area contributed by atoms with Crippen molar-refractivity contribution in [3.8, 4) is 0 Å². The van der Waals surface area contributed by atoms with Crippen LogP contribution in [-0.2, 0) is 0 Å². The Morgan fingerprint density at radius 1 is 1.09 bits per heavy atom. The van der Waals surface area contributed by atoms with Crippen LogP contribution in [-0.4, -0.2) is 39.0 Å². The van der Waals surface area contributed by atoms with Crippen LogP contribution in [0, 0.1) is 23.6 Å². The minimum atomic E-state index is -0.626. The molecule has 2 aromatic rings. The second-order valence-corrected chi connectivity index (χ2v) is 8.92. The zero-order valence-electron chi connectivity index (χ0n) is 17.5. The summed E-state index contributed by atoms with van der Waals surface area (Å²) in [7, 11) is 0. The van der Waals surface area contributed by atoms with Gasteiger partial charge in [-0.05, 0) is 41.8 Å². The summed E-state index contributed by atoms with van der Waals surface area (Å²) in [6.45, 7) is 1.95. The molecule has 1 saturated carbocycles. The average Bonchev–Trinajstić information content (AvgIpc) is 3.39. The summed E-state index contributed by atoms with van der Waals surface area (Å²) in [5.74, 6) is 0.421. The highest BCUT2D eigenvalue weighted by atomic mass is 19.1. The van der Waals surface area contributed by atoms with Gasteiger partial charge in [0.05, 0.1) is 5.92 Å². The molecule has 3 N–H and O–H groups in total. The predicted octanol–water partition coefficient (Wildman–Crippen LogP) is 4.71. The molecule has 0 amide bonds. The number of nitrogens with one attached hydrogen (secondary N) is 1. The molecule has 2 heterocycles. The van der Waals surface area contributed by atoms with Crippen molar-refractivity contribution in [2.45, 2.75) is 25.0 Å². The van der Waals surface area contributed by atoms with Crippen molar-refractivity contribution in [2.75, 3.05) is 5.32 Å². The Morgan fingerprint density at radius 2 is 1.84 bits per heavy atom. The minimum Gasteiger partial charge on any atom is -0.508 e. The smallest absolute Gasteiger partial charge is 0.156 e. The van der Waals surface area contributed by atoms with Gasteiger partial charge >= 0.3 is 0 Å². The van der Waals surface area contributed by atoms with Crippen LogP contribution in [0.5, 0.6) is 0 Å². The molecule has 0 spiro atoms. The van der Waals surface area contributed by atoms with Gasteiger partial charge in [-0.2, -0.15) is 0 Å². The maximum absolute atomic E-state index is 13.4. The fourth-order valence-corrected chi connectivity index (χ4v) is 5.53.